The number of benzene rings is 1. The van der Waals surface area contributed by atoms with Crippen molar-refractivity contribution in [3.8, 4) is 0 Å². The molecule has 7 nitrogen and oxygen atoms in total. The van der Waals surface area contributed by atoms with Crippen LogP contribution in [0.25, 0.3) is 11.0 Å². The second-order valence-electron chi connectivity index (χ2n) is 7.20. The fourth-order valence-electron chi connectivity index (χ4n) is 3.83. The van der Waals surface area contributed by atoms with Gasteiger partial charge in [-0.25, -0.2) is 22.9 Å². The molecule has 0 N–H and O–H groups in total. The molecular formula is C20H23F2N5O2S. The predicted molar refractivity (Wildman–Crippen MR) is 111 cm³/mol. The summed E-state index contributed by atoms with van der Waals surface area (Å²) in [5.74, 6) is -0.260. The van der Waals surface area contributed by atoms with E-state index in [9.17, 15) is 8.78 Å². The molecule has 0 aliphatic carbocycles. The highest BCUT2D eigenvalue weighted by atomic mass is 32.2. The van der Waals surface area contributed by atoms with Gasteiger partial charge in [0.15, 0.2) is 5.82 Å². The van der Waals surface area contributed by atoms with Crippen LogP contribution in [0.3, 0.4) is 0 Å². The third kappa shape index (κ3) is 3.75. The average Bonchev–Trinajstić information content (AvgIpc) is 3.20. The maximum atomic E-state index is 13.9. The zero-order chi connectivity index (χ0) is 20.5. The Morgan fingerprint density at radius 1 is 0.933 bits per heavy atom. The molecule has 3 aliphatic heterocycles. The number of aromatic nitrogens is 2. The molecule has 0 saturated carbocycles. The van der Waals surface area contributed by atoms with Crippen LogP contribution >= 0.6 is 11.9 Å². The van der Waals surface area contributed by atoms with Crippen LogP contribution in [0.1, 0.15) is 12.2 Å². The second-order valence-corrected chi connectivity index (χ2v) is 8.18. The molecule has 0 radical (unpaired) electrons. The minimum absolute atomic E-state index is 0.260. The first kappa shape index (κ1) is 19.7. The Bertz CT molecular complexity index is 967. The van der Waals surface area contributed by atoms with Crippen molar-refractivity contribution in [3.05, 3.63) is 53.1 Å². The van der Waals surface area contributed by atoms with Crippen LogP contribution in [-0.4, -0.2) is 72.1 Å². The number of imidazole rings is 1. The number of alkyl halides is 2. The van der Waals surface area contributed by atoms with Crippen LogP contribution in [0.4, 0.5) is 8.78 Å². The third-order valence-corrected chi connectivity index (χ3v) is 6.37. The van der Waals surface area contributed by atoms with E-state index in [4.69, 9.17) is 9.47 Å². The Hall–Kier alpha value is -2.30. The van der Waals surface area contributed by atoms with E-state index < -0.39 is 6.43 Å². The van der Waals surface area contributed by atoms with Gasteiger partial charge in [-0.05, 0) is 18.2 Å². The zero-order valence-electron chi connectivity index (χ0n) is 16.4. The van der Waals surface area contributed by atoms with Crippen molar-refractivity contribution in [3.63, 3.8) is 0 Å². The molecule has 4 heterocycles. The van der Waals surface area contributed by atoms with Crippen molar-refractivity contribution in [2.75, 3.05) is 57.0 Å². The van der Waals surface area contributed by atoms with Gasteiger partial charge in [0.05, 0.1) is 54.4 Å². The van der Waals surface area contributed by atoms with Crippen LogP contribution < -0.4 is 4.41 Å². The van der Waals surface area contributed by atoms with Gasteiger partial charge in [-0.2, -0.15) is 0 Å². The smallest absolute Gasteiger partial charge is 0.297 e. The monoisotopic (exact) mass is 435 g/mol. The fourth-order valence-corrected chi connectivity index (χ4v) is 4.91. The van der Waals surface area contributed by atoms with Crippen molar-refractivity contribution in [2.45, 2.75) is 6.43 Å². The van der Waals surface area contributed by atoms with Crippen LogP contribution in [-0.2, 0) is 9.47 Å². The third-order valence-electron chi connectivity index (χ3n) is 5.35. The lowest BCUT2D eigenvalue weighted by Crippen LogP contribution is -2.41. The molecule has 2 aromatic rings. The minimum atomic E-state index is -2.68. The number of morpholine rings is 2. The first-order valence-electron chi connectivity index (χ1n) is 10.0. The largest absolute Gasteiger partial charge is 0.378 e. The molecule has 0 amide bonds. The van der Waals surface area contributed by atoms with Gasteiger partial charge in [-0.1, -0.05) is 12.1 Å². The fraction of sp³-hybridized carbons (Fsp3) is 0.450. The van der Waals surface area contributed by atoms with Crippen molar-refractivity contribution in [2.24, 2.45) is 0 Å². The van der Waals surface area contributed by atoms with Crippen LogP contribution in [0, 0.1) is 0 Å². The zero-order valence-corrected chi connectivity index (χ0v) is 17.2. The highest BCUT2D eigenvalue weighted by Crippen LogP contribution is 2.35. The highest BCUT2D eigenvalue weighted by molar-refractivity contribution is 8.04. The van der Waals surface area contributed by atoms with Crippen molar-refractivity contribution in [1.82, 2.24) is 19.5 Å². The van der Waals surface area contributed by atoms with E-state index >= 15 is 0 Å². The van der Waals surface area contributed by atoms with Gasteiger partial charge in [-0.15, -0.1) is 0 Å². The van der Waals surface area contributed by atoms with E-state index in [1.165, 1.54) is 16.6 Å². The number of nitrogens with zero attached hydrogens (tertiary/aromatic N) is 5. The molecule has 0 bridgehead atoms. The first-order chi connectivity index (χ1) is 14.7. The van der Waals surface area contributed by atoms with E-state index in [0.29, 0.717) is 37.5 Å². The lowest BCUT2D eigenvalue weighted by Gasteiger charge is -2.38. The second kappa shape index (κ2) is 8.44. The number of para-hydroxylation sites is 2. The van der Waals surface area contributed by atoms with Crippen molar-refractivity contribution in [1.29, 1.82) is 0 Å². The normalized spacial score (nSPS) is 20.7. The molecule has 160 valence electrons. The summed E-state index contributed by atoms with van der Waals surface area (Å²) in [6, 6.07) is 7.24. The summed E-state index contributed by atoms with van der Waals surface area (Å²) in [5.41, 5.74) is 2.19. The molecular weight excluding hydrogens is 412 g/mol. The van der Waals surface area contributed by atoms with Crippen LogP contribution in [0.15, 0.2) is 47.3 Å². The summed E-state index contributed by atoms with van der Waals surface area (Å²) in [4.78, 5) is 8.68. The lowest BCUT2D eigenvalue weighted by atomic mass is 10.3. The molecule has 1 aromatic heterocycles. The maximum absolute atomic E-state index is 13.9. The number of halogens is 2. The standard InChI is InChI=1S/C20H23F2N5O2S/c21-19(22)20-23-16-3-1-2-4-17(16)27(20)26-14-15(24-5-9-28-10-6-24)13-18(30-26)25-7-11-29-12-8-25/h1-4,13-14,19H,5-12H2. The van der Waals surface area contributed by atoms with E-state index in [-0.39, 0.29) is 5.82 Å². The summed E-state index contributed by atoms with van der Waals surface area (Å²) >= 11 is 1.43. The molecule has 0 unspecified atom stereocenters. The molecule has 10 heteroatoms. The van der Waals surface area contributed by atoms with E-state index in [1.807, 2.05) is 24.4 Å². The van der Waals surface area contributed by atoms with Crippen molar-refractivity contribution >= 4 is 23.0 Å². The number of hydrogen-bond acceptors (Lipinski definition) is 7. The highest BCUT2D eigenvalue weighted by Gasteiger charge is 2.29. The molecule has 1 aromatic carbocycles. The SMILES string of the molecule is FC(F)c1nc2ccccc2n1N1C=C(N2CCOCC2)C=C(N2CCOCC2)S1. The predicted octanol–water partition coefficient (Wildman–Crippen LogP) is 2.92. The van der Waals surface area contributed by atoms with E-state index in [0.717, 1.165) is 36.9 Å². The topological polar surface area (TPSA) is 46.0 Å². The number of allylic oxidation sites excluding steroid dienone is 1. The summed E-state index contributed by atoms with van der Waals surface area (Å²) < 4.78 is 42.1. The number of hydrogen-bond donors (Lipinski definition) is 0. The molecule has 2 saturated heterocycles. The molecule has 0 atom stereocenters. The van der Waals surface area contributed by atoms with Gasteiger partial charge in [-0.3, -0.25) is 0 Å². The van der Waals surface area contributed by atoms with Gasteiger partial charge >= 0.3 is 0 Å². The number of rotatable bonds is 4. The summed E-state index contributed by atoms with van der Waals surface area (Å²) in [6.45, 7) is 5.71. The quantitative estimate of drug-likeness (QED) is 0.685. The summed E-state index contributed by atoms with van der Waals surface area (Å²) in [5, 5.41) is 1.01. The van der Waals surface area contributed by atoms with Gasteiger partial charge in [0.1, 0.15) is 0 Å². The molecule has 0 spiro atoms. The molecule has 3 aliphatic rings. The summed E-state index contributed by atoms with van der Waals surface area (Å²) in [7, 11) is 0. The Labute approximate surface area is 177 Å². The van der Waals surface area contributed by atoms with Crippen LogP contribution in [0.2, 0.25) is 0 Å². The van der Waals surface area contributed by atoms with E-state index in [1.54, 1.807) is 10.5 Å². The van der Waals surface area contributed by atoms with Gasteiger partial charge in [0, 0.05) is 38.1 Å². The van der Waals surface area contributed by atoms with Crippen molar-refractivity contribution < 1.29 is 18.3 Å². The van der Waals surface area contributed by atoms with Gasteiger partial charge < -0.3 is 19.3 Å². The summed E-state index contributed by atoms with van der Waals surface area (Å²) in [6.07, 6.45) is 1.37. The molecule has 5 rings (SSSR count). The van der Waals surface area contributed by atoms with Gasteiger partial charge in [0.2, 0.25) is 0 Å². The maximum Gasteiger partial charge on any atom is 0.297 e. The molecule has 2 fully saturated rings. The minimum Gasteiger partial charge on any atom is -0.378 e. The Kier molecular flexibility index (Phi) is 5.53. The van der Waals surface area contributed by atoms with Gasteiger partial charge in [0.25, 0.3) is 6.43 Å². The number of fused-ring (bicyclic) bond motifs is 1. The number of ether oxygens (including phenoxy) is 2. The lowest BCUT2D eigenvalue weighted by molar-refractivity contribution is 0.0531. The first-order valence-corrected chi connectivity index (χ1v) is 10.8. The van der Waals surface area contributed by atoms with Crippen LogP contribution in [0.5, 0.6) is 0 Å². The Morgan fingerprint density at radius 2 is 1.60 bits per heavy atom. The Balaban J connectivity index is 1.57. The van der Waals surface area contributed by atoms with E-state index in [2.05, 4.69) is 20.9 Å². The molecule has 30 heavy (non-hydrogen) atoms. The Morgan fingerprint density at radius 3 is 2.30 bits per heavy atom. The average molecular weight is 436 g/mol.